The second-order valence-corrected chi connectivity index (χ2v) is 7.11. The van der Waals surface area contributed by atoms with Gasteiger partial charge in [0.25, 0.3) is 0 Å². The quantitative estimate of drug-likeness (QED) is 0.736. The molecule has 1 saturated heterocycles. The fourth-order valence-electron chi connectivity index (χ4n) is 2.82. The summed E-state index contributed by atoms with van der Waals surface area (Å²) in [5.41, 5.74) is 1.05. The highest BCUT2D eigenvalue weighted by Gasteiger charge is 2.29. The first-order valence-electron chi connectivity index (χ1n) is 8.84. The fourth-order valence-corrected chi connectivity index (χ4v) is 2.82. The third-order valence-corrected chi connectivity index (χ3v) is 4.93. The molecule has 0 bridgehead atoms. The summed E-state index contributed by atoms with van der Waals surface area (Å²) in [4.78, 5) is 14.5. The molecule has 1 atom stereocenters. The van der Waals surface area contributed by atoms with Gasteiger partial charge in [-0.3, -0.25) is 4.79 Å². The zero-order valence-corrected chi connectivity index (χ0v) is 15.2. The molecule has 1 aromatic carbocycles. The zero-order chi connectivity index (χ0) is 18.4. The first-order valence-corrected chi connectivity index (χ1v) is 8.84. The van der Waals surface area contributed by atoms with E-state index < -0.39 is 5.54 Å². The van der Waals surface area contributed by atoms with Crippen molar-refractivity contribution < 1.29 is 9.90 Å². The first kappa shape index (κ1) is 19.1. The molecular formula is C19H28N4O2. The number of hydrogen-bond acceptors (Lipinski definition) is 5. The summed E-state index contributed by atoms with van der Waals surface area (Å²) < 4.78 is 0. The summed E-state index contributed by atoms with van der Waals surface area (Å²) in [5, 5.41) is 25.0. The predicted molar refractivity (Wildman–Crippen MR) is 99.4 cm³/mol. The van der Waals surface area contributed by atoms with Crippen LogP contribution in [0.15, 0.2) is 24.3 Å². The maximum Gasteiger partial charge on any atom is 0.240 e. The number of para-hydroxylation sites is 2. The van der Waals surface area contributed by atoms with Gasteiger partial charge >= 0.3 is 0 Å². The maximum absolute atomic E-state index is 12.3. The van der Waals surface area contributed by atoms with E-state index in [2.05, 4.69) is 21.6 Å². The van der Waals surface area contributed by atoms with Gasteiger partial charge in [0.05, 0.1) is 30.1 Å². The van der Waals surface area contributed by atoms with Crippen LogP contribution in [0.25, 0.3) is 0 Å². The fraction of sp³-hybridized carbons (Fsp3) is 0.579. The number of benzene rings is 1. The average Bonchev–Trinajstić information content (AvgIpc) is 2.60. The molecule has 0 aromatic heterocycles. The van der Waals surface area contributed by atoms with E-state index in [4.69, 9.17) is 0 Å². The third-order valence-electron chi connectivity index (χ3n) is 4.93. The van der Waals surface area contributed by atoms with E-state index in [-0.39, 0.29) is 24.5 Å². The van der Waals surface area contributed by atoms with Crippen LogP contribution in [0.3, 0.4) is 0 Å². The Kier molecular flexibility index (Phi) is 6.27. The number of aliphatic hydroxyl groups is 1. The lowest BCUT2D eigenvalue weighted by Gasteiger charge is -2.33. The van der Waals surface area contributed by atoms with E-state index in [1.807, 2.05) is 38.1 Å². The summed E-state index contributed by atoms with van der Waals surface area (Å²) in [5.74, 6) is -0.185. The van der Waals surface area contributed by atoms with Gasteiger partial charge < -0.3 is 20.6 Å². The number of nitrogens with one attached hydrogen (secondary N) is 2. The Morgan fingerprint density at radius 3 is 2.64 bits per heavy atom. The normalized spacial score (nSPS) is 17.7. The van der Waals surface area contributed by atoms with Crippen molar-refractivity contribution in [1.82, 2.24) is 5.32 Å². The van der Waals surface area contributed by atoms with E-state index in [1.165, 1.54) is 0 Å². The predicted octanol–water partition coefficient (Wildman–Crippen LogP) is 2.11. The van der Waals surface area contributed by atoms with Crippen molar-refractivity contribution in [2.45, 2.75) is 45.3 Å². The molecule has 0 radical (unpaired) electrons. The molecule has 6 nitrogen and oxygen atoms in total. The molecule has 1 aliphatic rings. The van der Waals surface area contributed by atoms with Gasteiger partial charge in [0.15, 0.2) is 0 Å². The Bertz CT molecular complexity index is 633. The van der Waals surface area contributed by atoms with Crippen LogP contribution in [0.2, 0.25) is 0 Å². The molecule has 1 heterocycles. The molecule has 3 N–H and O–H groups in total. The molecule has 1 fully saturated rings. The molecule has 6 heteroatoms. The zero-order valence-electron chi connectivity index (χ0n) is 15.2. The largest absolute Gasteiger partial charge is 0.393 e. The third kappa shape index (κ3) is 4.86. The molecule has 0 unspecified atom stereocenters. The molecule has 1 amide bonds. The number of rotatable bonds is 6. The molecule has 0 aliphatic carbocycles. The van der Waals surface area contributed by atoms with Gasteiger partial charge in [0, 0.05) is 13.1 Å². The summed E-state index contributed by atoms with van der Waals surface area (Å²) in [6.45, 7) is 7.27. The van der Waals surface area contributed by atoms with Crippen molar-refractivity contribution in [2.75, 3.05) is 29.9 Å². The summed E-state index contributed by atoms with van der Waals surface area (Å²) >= 11 is 0. The van der Waals surface area contributed by atoms with Crippen molar-refractivity contribution in [2.24, 2.45) is 5.92 Å². The van der Waals surface area contributed by atoms with Gasteiger partial charge in [-0.05, 0) is 37.8 Å². The van der Waals surface area contributed by atoms with Crippen LogP contribution in [-0.2, 0) is 4.79 Å². The summed E-state index contributed by atoms with van der Waals surface area (Å²) in [6.07, 6.45) is 1.29. The molecule has 136 valence electrons. The highest BCUT2D eigenvalue weighted by Crippen LogP contribution is 2.28. The second-order valence-electron chi connectivity index (χ2n) is 7.11. The van der Waals surface area contributed by atoms with Crippen LogP contribution in [0.5, 0.6) is 0 Å². The van der Waals surface area contributed by atoms with Gasteiger partial charge in [-0.25, -0.2) is 0 Å². The lowest BCUT2D eigenvalue weighted by atomic mass is 9.90. The number of nitrogens with zero attached hydrogens (tertiary/aromatic N) is 2. The van der Waals surface area contributed by atoms with Gasteiger partial charge in [-0.2, -0.15) is 5.26 Å². The van der Waals surface area contributed by atoms with Gasteiger partial charge in [-0.15, -0.1) is 0 Å². The molecule has 1 aliphatic heterocycles. The maximum atomic E-state index is 12.3. The van der Waals surface area contributed by atoms with Gasteiger partial charge in [0.1, 0.15) is 5.54 Å². The van der Waals surface area contributed by atoms with Crippen LogP contribution in [0.1, 0.15) is 33.6 Å². The average molecular weight is 344 g/mol. The number of piperidine rings is 1. The minimum atomic E-state index is -0.874. The molecule has 0 saturated carbocycles. The number of anilines is 2. The summed E-state index contributed by atoms with van der Waals surface area (Å²) in [6, 6.07) is 10.0. The SMILES string of the molecule is CC(C)[C@](C)(C#N)NC(=O)CNc1ccccc1N1CCC(O)CC1. The van der Waals surface area contributed by atoms with Crippen LogP contribution in [0.4, 0.5) is 11.4 Å². The number of amides is 1. The van der Waals surface area contributed by atoms with Crippen molar-refractivity contribution in [3.8, 4) is 6.07 Å². The van der Waals surface area contributed by atoms with E-state index in [0.717, 1.165) is 37.3 Å². The number of hydrogen-bond donors (Lipinski definition) is 3. The van der Waals surface area contributed by atoms with Crippen molar-refractivity contribution in [3.63, 3.8) is 0 Å². The van der Waals surface area contributed by atoms with E-state index in [1.54, 1.807) is 6.92 Å². The Labute approximate surface area is 149 Å². The molecule has 1 aromatic rings. The van der Waals surface area contributed by atoms with Crippen LogP contribution in [-0.4, -0.2) is 42.3 Å². The molecular weight excluding hydrogens is 316 g/mol. The van der Waals surface area contributed by atoms with Crippen molar-refractivity contribution in [3.05, 3.63) is 24.3 Å². The number of carbonyl (C=O) groups excluding carboxylic acids is 1. The topological polar surface area (TPSA) is 88.4 Å². The minimum Gasteiger partial charge on any atom is -0.393 e. The van der Waals surface area contributed by atoms with Crippen LogP contribution in [0, 0.1) is 17.2 Å². The highest BCUT2D eigenvalue weighted by atomic mass is 16.3. The first-order chi connectivity index (χ1) is 11.9. The van der Waals surface area contributed by atoms with Crippen molar-refractivity contribution in [1.29, 1.82) is 5.26 Å². The van der Waals surface area contributed by atoms with E-state index in [9.17, 15) is 15.2 Å². The second kappa shape index (κ2) is 8.21. The highest BCUT2D eigenvalue weighted by molar-refractivity contribution is 5.83. The van der Waals surface area contributed by atoms with Gasteiger partial charge in [-0.1, -0.05) is 26.0 Å². The van der Waals surface area contributed by atoms with E-state index >= 15 is 0 Å². The number of carbonyl (C=O) groups is 1. The standard InChI is InChI=1S/C19H28N4O2/c1-14(2)19(3,13-20)22-18(25)12-21-16-6-4-5-7-17(16)23-10-8-15(24)9-11-23/h4-7,14-15,21,24H,8-12H2,1-3H3,(H,22,25)/t19-/m0/s1. The van der Waals surface area contributed by atoms with Crippen molar-refractivity contribution >= 4 is 17.3 Å². The smallest absolute Gasteiger partial charge is 0.240 e. The molecule has 25 heavy (non-hydrogen) atoms. The lowest BCUT2D eigenvalue weighted by Crippen LogP contribution is -2.50. The monoisotopic (exact) mass is 344 g/mol. The van der Waals surface area contributed by atoms with Gasteiger partial charge in [0.2, 0.25) is 5.91 Å². The number of nitriles is 1. The Hall–Kier alpha value is -2.26. The Morgan fingerprint density at radius 2 is 2.04 bits per heavy atom. The lowest BCUT2D eigenvalue weighted by molar-refractivity contribution is -0.121. The van der Waals surface area contributed by atoms with Crippen LogP contribution >= 0.6 is 0 Å². The molecule has 2 rings (SSSR count). The Morgan fingerprint density at radius 1 is 1.40 bits per heavy atom. The van der Waals surface area contributed by atoms with E-state index in [0.29, 0.717) is 0 Å². The summed E-state index contributed by atoms with van der Waals surface area (Å²) in [7, 11) is 0. The molecule has 0 spiro atoms. The number of aliphatic hydroxyl groups excluding tert-OH is 1. The van der Waals surface area contributed by atoms with Crippen LogP contribution < -0.4 is 15.5 Å². The Balaban J connectivity index is 1.99. The minimum absolute atomic E-state index is 0.0218.